The molecular weight excluding hydrogens is 526 g/mol. The molecule has 3 atom stereocenters. The van der Waals surface area contributed by atoms with Crippen molar-refractivity contribution in [2.75, 3.05) is 9.96 Å². The number of ether oxygens (including phenoxy) is 1. The van der Waals surface area contributed by atoms with Crippen LogP contribution in [-0.2, 0) is 14.4 Å². The van der Waals surface area contributed by atoms with Crippen LogP contribution in [0, 0.1) is 23.0 Å². The maximum Gasteiger partial charge on any atom is 0.343 e. The van der Waals surface area contributed by atoms with Crippen LogP contribution in [0.2, 0.25) is 0 Å². The number of amides is 2. The highest BCUT2D eigenvalue weighted by Gasteiger charge is 2.60. The van der Waals surface area contributed by atoms with Crippen LogP contribution in [0.4, 0.5) is 17.1 Å². The average Bonchev–Trinajstić information content (AvgIpc) is 3.49. The number of hydrogen-bond acceptors (Lipinski definition) is 8. The predicted octanol–water partition coefficient (Wildman–Crippen LogP) is 5.17. The number of nitrogens with zero attached hydrogens (tertiary/aromatic N) is 3. The lowest BCUT2D eigenvalue weighted by atomic mass is 9.90. The summed E-state index contributed by atoms with van der Waals surface area (Å²) < 4.78 is 5.49. The summed E-state index contributed by atoms with van der Waals surface area (Å²) in [7, 11) is 0. The minimum atomic E-state index is -1.14. The summed E-state index contributed by atoms with van der Waals surface area (Å²) in [5.74, 6) is -2.12. The molecule has 6 rings (SSSR count). The molecule has 0 bridgehead atoms. The van der Waals surface area contributed by atoms with Gasteiger partial charge in [-0.05, 0) is 60.5 Å². The Hall–Kier alpha value is -5.35. The van der Waals surface area contributed by atoms with E-state index < -0.39 is 40.8 Å². The van der Waals surface area contributed by atoms with Gasteiger partial charge in [0.2, 0.25) is 5.91 Å². The lowest BCUT2D eigenvalue weighted by Gasteiger charge is -2.28. The van der Waals surface area contributed by atoms with Crippen LogP contribution in [0.25, 0.3) is 0 Å². The molecule has 0 aliphatic carbocycles. The van der Waals surface area contributed by atoms with Gasteiger partial charge in [0.15, 0.2) is 6.10 Å². The first-order valence-corrected chi connectivity index (χ1v) is 12.8. The van der Waals surface area contributed by atoms with Crippen LogP contribution in [0.3, 0.4) is 0 Å². The lowest BCUT2D eigenvalue weighted by molar-refractivity contribution is -0.384. The number of esters is 1. The van der Waals surface area contributed by atoms with Gasteiger partial charge in [0.25, 0.3) is 11.6 Å². The van der Waals surface area contributed by atoms with E-state index in [-0.39, 0.29) is 11.4 Å². The van der Waals surface area contributed by atoms with Crippen molar-refractivity contribution >= 4 is 34.8 Å². The first-order valence-electron chi connectivity index (χ1n) is 12.8. The van der Waals surface area contributed by atoms with Crippen molar-refractivity contribution in [2.45, 2.75) is 19.1 Å². The van der Waals surface area contributed by atoms with Crippen LogP contribution >= 0.6 is 0 Å². The number of anilines is 2. The van der Waals surface area contributed by atoms with Crippen LogP contribution in [0.1, 0.15) is 27.5 Å². The monoisotopic (exact) mass is 549 g/mol. The summed E-state index contributed by atoms with van der Waals surface area (Å²) in [5.41, 5.74) is 2.48. The zero-order valence-electron chi connectivity index (χ0n) is 21.7. The first-order chi connectivity index (χ1) is 19.8. The summed E-state index contributed by atoms with van der Waals surface area (Å²) in [5, 5.41) is 12.9. The number of imide groups is 1. The molecule has 0 spiro atoms. The Labute approximate surface area is 234 Å². The van der Waals surface area contributed by atoms with Crippen molar-refractivity contribution in [1.29, 1.82) is 0 Å². The fourth-order valence-corrected chi connectivity index (χ4v) is 5.22. The van der Waals surface area contributed by atoms with E-state index in [1.807, 2.05) is 13.0 Å². The van der Waals surface area contributed by atoms with Crippen molar-refractivity contribution in [3.8, 4) is 5.75 Å². The fourth-order valence-electron chi connectivity index (χ4n) is 5.22. The number of hydroxylamine groups is 1. The Morgan fingerprint density at radius 2 is 1.56 bits per heavy atom. The molecule has 204 valence electrons. The third kappa shape index (κ3) is 4.70. The summed E-state index contributed by atoms with van der Waals surface area (Å²) >= 11 is 0. The molecule has 10 heteroatoms. The van der Waals surface area contributed by atoms with Gasteiger partial charge in [-0.15, -0.1) is 0 Å². The molecule has 2 aliphatic rings. The normalized spacial score (nSPS) is 19.8. The van der Waals surface area contributed by atoms with E-state index in [9.17, 15) is 24.5 Å². The fraction of sp³-hybridized carbons (Fsp3) is 0.129. The molecule has 0 aromatic heterocycles. The Kier molecular flexibility index (Phi) is 6.52. The molecule has 0 radical (unpaired) electrons. The first kappa shape index (κ1) is 25.9. The number of rotatable bonds is 6. The minimum Gasteiger partial charge on any atom is -0.423 e. The van der Waals surface area contributed by atoms with Gasteiger partial charge in [-0.25, -0.2) is 14.8 Å². The highest BCUT2D eigenvalue weighted by atomic mass is 16.7. The number of nitro groups is 1. The average molecular weight is 550 g/mol. The van der Waals surface area contributed by atoms with E-state index in [2.05, 4.69) is 0 Å². The summed E-state index contributed by atoms with van der Waals surface area (Å²) in [4.78, 5) is 58.1. The lowest BCUT2D eigenvalue weighted by Crippen LogP contribution is -2.37. The standard InChI is InChI=1S/C31H23N3O7/c1-19-7-5-10-22(17-19)32-29(35)26-27(20-13-15-25(16-14-20)40-31(37)21-8-3-2-4-9-21)33(41-28(26)30(32)36)23-11-6-12-24(18-23)34(38)39/h2-18,26-28H,1H3/t26-,27-,28-/m1/s1. The summed E-state index contributed by atoms with van der Waals surface area (Å²) in [6.07, 6.45) is -1.14. The smallest absolute Gasteiger partial charge is 0.343 e. The number of carbonyl (C=O) groups excluding carboxylic acids is 3. The van der Waals surface area contributed by atoms with Gasteiger partial charge in [0.05, 0.1) is 27.9 Å². The molecule has 41 heavy (non-hydrogen) atoms. The maximum atomic E-state index is 13.8. The Balaban J connectivity index is 1.36. The van der Waals surface area contributed by atoms with E-state index >= 15 is 0 Å². The second-order valence-electron chi connectivity index (χ2n) is 9.77. The number of nitro benzene ring substituents is 1. The molecule has 0 unspecified atom stereocenters. The van der Waals surface area contributed by atoms with Gasteiger partial charge in [-0.1, -0.05) is 48.5 Å². The Bertz CT molecular complexity index is 1670. The molecule has 2 amide bonds. The van der Waals surface area contributed by atoms with Crippen molar-refractivity contribution in [3.05, 3.63) is 130 Å². The minimum absolute atomic E-state index is 0.163. The van der Waals surface area contributed by atoms with Crippen LogP contribution in [0.15, 0.2) is 103 Å². The SMILES string of the molecule is Cc1cccc(N2C(=O)[C@@H]3[C@@H](c4ccc(OC(=O)c5ccccc5)cc4)N(c4cccc([N+](=O)[O-])c4)O[C@H]3C2=O)c1. The molecule has 4 aromatic carbocycles. The molecular formula is C31H23N3O7. The number of benzene rings is 4. The topological polar surface area (TPSA) is 119 Å². The quantitative estimate of drug-likeness (QED) is 0.106. The number of aryl methyl sites for hydroxylation is 1. The number of non-ortho nitro benzene ring substituents is 1. The van der Waals surface area contributed by atoms with E-state index in [4.69, 9.17) is 9.57 Å². The number of fused-ring (bicyclic) bond motifs is 1. The van der Waals surface area contributed by atoms with Crippen molar-refractivity contribution < 1.29 is 28.9 Å². The van der Waals surface area contributed by atoms with E-state index in [1.165, 1.54) is 23.3 Å². The van der Waals surface area contributed by atoms with E-state index in [0.717, 1.165) is 10.5 Å². The Morgan fingerprint density at radius 1 is 0.854 bits per heavy atom. The van der Waals surface area contributed by atoms with Crippen LogP contribution in [-0.4, -0.2) is 28.8 Å². The predicted molar refractivity (Wildman–Crippen MR) is 148 cm³/mol. The summed E-state index contributed by atoms with van der Waals surface area (Å²) in [6.45, 7) is 1.87. The van der Waals surface area contributed by atoms with Gasteiger partial charge in [0, 0.05) is 12.1 Å². The largest absolute Gasteiger partial charge is 0.423 e. The van der Waals surface area contributed by atoms with Crippen LogP contribution < -0.4 is 14.7 Å². The number of carbonyl (C=O) groups is 3. The molecule has 0 N–H and O–H groups in total. The van der Waals surface area contributed by atoms with Gasteiger partial charge in [0.1, 0.15) is 11.7 Å². The highest BCUT2D eigenvalue weighted by molar-refractivity contribution is 6.24. The second-order valence-corrected chi connectivity index (χ2v) is 9.77. The molecule has 10 nitrogen and oxygen atoms in total. The second kappa shape index (κ2) is 10.3. The van der Waals surface area contributed by atoms with Gasteiger partial charge in [-0.3, -0.25) is 24.5 Å². The maximum absolute atomic E-state index is 13.8. The molecule has 2 saturated heterocycles. The molecule has 2 aliphatic heterocycles. The zero-order chi connectivity index (χ0) is 28.7. The highest BCUT2D eigenvalue weighted by Crippen LogP contribution is 2.48. The van der Waals surface area contributed by atoms with Gasteiger partial charge < -0.3 is 4.74 Å². The third-order valence-corrected chi connectivity index (χ3v) is 7.11. The van der Waals surface area contributed by atoms with Gasteiger partial charge in [-0.2, -0.15) is 0 Å². The van der Waals surface area contributed by atoms with Crippen molar-refractivity contribution in [3.63, 3.8) is 0 Å². The third-order valence-electron chi connectivity index (χ3n) is 7.11. The molecule has 0 saturated carbocycles. The molecule has 4 aromatic rings. The van der Waals surface area contributed by atoms with Crippen molar-refractivity contribution in [1.82, 2.24) is 0 Å². The zero-order valence-corrected chi connectivity index (χ0v) is 21.7. The van der Waals surface area contributed by atoms with Gasteiger partial charge >= 0.3 is 5.97 Å². The van der Waals surface area contributed by atoms with Crippen molar-refractivity contribution in [2.24, 2.45) is 5.92 Å². The summed E-state index contributed by atoms with van der Waals surface area (Å²) in [6, 6.07) is 27.2. The van der Waals surface area contributed by atoms with Crippen LogP contribution in [0.5, 0.6) is 5.75 Å². The molecule has 2 heterocycles. The van der Waals surface area contributed by atoms with E-state index in [1.54, 1.807) is 78.9 Å². The van der Waals surface area contributed by atoms with E-state index in [0.29, 0.717) is 22.5 Å². The Morgan fingerprint density at radius 3 is 2.27 bits per heavy atom. The number of hydrogen-bond donors (Lipinski definition) is 0. The molecule has 2 fully saturated rings.